The minimum atomic E-state index is -1.51. The maximum Gasteiger partial charge on any atom is 0.242 e. The van der Waals surface area contributed by atoms with Crippen molar-refractivity contribution in [2.24, 2.45) is 0 Å². The Hall–Kier alpha value is -2.75. The Balaban J connectivity index is 1.53. The second-order valence-electron chi connectivity index (χ2n) is 9.31. The molecule has 0 fully saturated rings. The first-order chi connectivity index (χ1) is 16.6. The monoisotopic (exact) mass is 500 g/mol. The maximum atomic E-state index is 13.1. The van der Waals surface area contributed by atoms with E-state index < -0.39 is 11.0 Å². The summed E-state index contributed by atoms with van der Waals surface area (Å²) >= 11 is 0. The molecule has 2 aromatic rings. The molecule has 0 spiro atoms. The third-order valence-electron chi connectivity index (χ3n) is 6.06. The van der Waals surface area contributed by atoms with Crippen LogP contribution >= 0.6 is 0 Å². The Kier molecular flexibility index (Phi) is 9.04. The number of carbonyl (C=O) groups is 2. The summed E-state index contributed by atoms with van der Waals surface area (Å²) in [6.07, 6.45) is 0.805. The maximum absolute atomic E-state index is 13.1. The number of ether oxygens (including phenoxy) is 1. The molecule has 0 saturated carbocycles. The zero-order valence-electron chi connectivity index (χ0n) is 21.5. The number of aryl methyl sites for hydroxylation is 2. The van der Waals surface area contributed by atoms with E-state index in [0.717, 1.165) is 29.7 Å². The summed E-state index contributed by atoms with van der Waals surface area (Å²) in [5.74, 6) is 0.241. The number of carbonyl (C=O) groups excluding carboxylic acids is 2. The van der Waals surface area contributed by atoms with Gasteiger partial charge in [0.15, 0.2) is 0 Å². The van der Waals surface area contributed by atoms with Crippen LogP contribution in [0.2, 0.25) is 0 Å². The number of hydrogen-bond donors (Lipinski definition) is 1. The molecule has 1 atom stereocenters. The molecule has 190 valence electrons. The van der Waals surface area contributed by atoms with E-state index in [-0.39, 0.29) is 24.9 Å². The van der Waals surface area contributed by atoms with Crippen LogP contribution in [0.25, 0.3) is 0 Å². The predicted octanol–water partition coefficient (Wildman–Crippen LogP) is 2.03. The minimum absolute atomic E-state index is 0.0768. The van der Waals surface area contributed by atoms with Crippen molar-refractivity contribution >= 4 is 22.8 Å². The fraction of sp³-hybridized carbons (Fsp3) is 0.462. The molecule has 1 aliphatic rings. The quantitative estimate of drug-likeness (QED) is 0.570. The summed E-state index contributed by atoms with van der Waals surface area (Å²) < 4.78 is 19.8. The van der Waals surface area contributed by atoms with Crippen LogP contribution in [0.3, 0.4) is 0 Å². The highest BCUT2D eigenvalue weighted by molar-refractivity contribution is 7.82. The average molecular weight is 501 g/mol. The van der Waals surface area contributed by atoms with E-state index in [9.17, 15) is 13.8 Å². The number of fused-ring (bicyclic) bond motifs is 1. The Morgan fingerprint density at radius 3 is 2.40 bits per heavy atom. The Bertz CT molecular complexity index is 1100. The number of nitrogens with one attached hydrogen (secondary N) is 1. The second kappa shape index (κ2) is 11.8. The lowest BCUT2D eigenvalue weighted by atomic mass is 9.97. The molecule has 35 heavy (non-hydrogen) atoms. The number of amides is 2. The van der Waals surface area contributed by atoms with E-state index in [1.807, 2.05) is 40.1 Å². The number of hydrogen-bond acceptors (Lipinski definition) is 5. The topological polar surface area (TPSA) is 82.2 Å². The Labute approximate surface area is 210 Å². The number of methoxy groups -OCH3 is 1. The van der Waals surface area contributed by atoms with Crippen molar-refractivity contribution in [2.45, 2.75) is 38.3 Å². The van der Waals surface area contributed by atoms with Crippen molar-refractivity contribution < 1.29 is 18.5 Å². The lowest BCUT2D eigenvalue weighted by Gasteiger charge is -2.29. The zero-order valence-corrected chi connectivity index (χ0v) is 22.3. The van der Waals surface area contributed by atoms with Gasteiger partial charge in [0.2, 0.25) is 11.8 Å². The third kappa shape index (κ3) is 6.90. The highest BCUT2D eigenvalue weighted by atomic mass is 32.2. The Morgan fingerprint density at radius 2 is 1.77 bits per heavy atom. The first-order valence-electron chi connectivity index (χ1n) is 11.7. The van der Waals surface area contributed by atoms with Crippen LogP contribution in [0.15, 0.2) is 35.2 Å². The van der Waals surface area contributed by atoms with Gasteiger partial charge in [-0.1, -0.05) is 18.2 Å². The van der Waals surface area contributed by atoms with Crippen LogP contribution in [0.1, 0.15) is 27.8 Å². The first kappa shape index (κ1) is 26.8. The van der Waals surface area contributed by atoms with Gasteiger partial charge in [-0.2, -0.15) is 0 Å². The molecule has 0 radical (unpaired) electrons. The van der Waals surface area contributed by atoms with Gasteiger partial charge in [0.1, 0.15) is 16.7 Å². The summed E-state index contributed by atoms with van der Waals surface area (Å²) in [4.78, 5) is 29.9. The van der Waals surface area contributed by atoms with Crippen molar-refractivity contribution in [3.63, 3.8) is 0 Å². The average Bonchev–Trinajstić information content (AvgIpc) is 2.80. The van der Waals surface area contributed by atoms with E-state index in [1.54, 1.807) is 19.1 Å². The van der Waals surface area contributed by atoms with Gasteiger partial charge in [-0.15, -0.1) is 0 Å². The predicted molar refractivity (Wildman–Crippen MR) is 137 cm³/mol. The van der Waals surface area contributed by atoms with E-state index >= 15 is 0 Å². The summed E-state index contributed by atoms with van der Waals surface area (Å²) in [6.45, 7) is 5.61. The molecule has 1 N–H and O–H groups in total. The molecule has 2 amide bonds. The number of benzene rings is 2. The molecule has 0 bridgehead atoms. The highest BCUT2D eigenvalue weighted by Gasteiger charge is 2.23. The van der Waals surface area contributed by atoms with Crippen LogP contribution in [-0.4, -0.2) is 78.0 Å². The molecule has 8 nitrogen and oxygen atoms in total. The second-order valence-corrected chi connectivity index (χ2v) is 10.8. The van der Waals surface area contributed by atoms with E-state index in [1.165, 1.54) is 15.4 Å². The third-order valence-corrected chi connectivity index (χ3v) is 7.75. The molecule has 2 aromatic carbocycles. The lowest BCUT2D eigenvalue weighted by molar-refractivity contribution is -0.133. The molecule has 0 aromatic heterocycles. The van der Waals surface area contributed by atoms with Crippen molar-refractivity contribution in [1.29, 1.82) is 0 Å². The largest absolute Gasteiger partial charge is 0.497 e. The van der Waals surface area contributed by atoms with Crippen molar-refractivity contribution in [3.05, 3.63) is 58.1 Å². The molecular weight excluding hydrogens is 464 g/mol. The SMILES string of the molecule is COc1cc(C)c(S(=O)N(C)CC(=O)NCC(=O)N2CCc3ccc(CN(C)C)cc3C2)c(C)c1. The molecule has 1 unspecified atom stereocenters. The van der Waals surface area contributed by atoms with Gasteiger partial charge in [0, 0.05) is 26.7 Å². The van der Waals surface area contributed by atoms with Crippen molar-refractivity contribution in [1.82, 2.24) is 19.4 Å². The fourth-order valence-electron chi connectivity index (χ4n) is 4.35. The van der Waals surface area contributed by atoms with Gasteiger partial charge in [0.05, 0.1) is 25.1 Å². The van der Waals surface area contributed by atoms with Crippen molar-refractivity contribution in [3.8, 4) is 5.75 Å². The summed E-state index contributed by atoms with van der Waals surface area (Å²) in [6, 6.07) is 10.1. The molecule has 0 saturated heterocycles. The van der Waals surface area contributed by atoms with Crippen LogP contribution in [0.4, 0.5) is 0 Å². The molecular formula is C26H36N4O4S. The van der Waals surface area contributed by atoms with Gasteiger partial charge >= 0.3 is 0 Å². The normalized spacial score (nSPS) is 14.1. The zero-order chi connectivity index (χ0) is 25.7. The molecule has 3 rings (SSSR count). The number of nitrogens with zero attached hydrogens (tertiary/aromatic N) is 3. The molecule has 1 heterocycles. The van der Waals surface area contributed by atoms with Gasteiger partial charge < -0.3 is 19.9 Å². The van der Waals surface area contributed by atoms with Crippen LogP contribution in [0, 0.1) is 13.8 Å². The summed E-state index contributed by atoms with van der Waals surface area (Å²) in [5.41, 5.74) is 5.32. The van der Waals surface area contributed by atoms with Gasteiger partial charge in [0.25, 0.3) is 0 Å². The summed E-state index contributed by atoms with van der Waals surface area (Å²) in [5, 5.41) is 2.69. The van der Waals surface area contributed by atoms with Crippen LogP contribution in [-0.2, 0) is 40.1 Å². The van der Waals surface area contributed by atoms with Crippen molar-refractivity contribution in [2.75, 3.05) is 47.9 Å². The molecule has 1 aliphatic heterocycles. The van der Waals surface area contributed by atoms with E-state index in [2.05, 4.69) is 28.4 Å². The van der Waals surface area contributed by atoms with Crippen LogP contribution < -0.4 is 10.1 Å². The lowest BCUT2D eigenvalue weighted by Crippen LogP contribution is -2.44. The summed E-state index contributed by atoms with van der Waals surface area (Å²) in [7, 11) is 5.77. The Morgan fingerprint density at radius 1 is 1.09 bits per heavy atom. The van der Waals surface area contributed by atoms with E-state index in [0.29, 0.717) is 23.7 Å². The first-order valence-corrected chi connectivity index (χ1v) is 12.8. The molecule has 9 heteroatoms. The van der Waals surface area contributed by atoms with Gasteiger partial charge in [-0.3, -0.25) is 9.59 Å². The van der Waals surface area contributed by atoms with E-state index in [4.69, 9.17) is 4.74 Å². The minimum Gasteiger partial charge on any atom is -0.497 e. The smallest absolute Gasteiger partial charge is 0.242 e. The number of rotatable bonds is 9. The van der Waals surface area contributed by atoms with Gasteiger partial charge in [-0.25, -0.2) is 8.51 Å². The fourth-order valence-corrected chi connectivity index (χ4v) is 5.56. The highest BCUT2D eigenvalue weighted by Crippen LogP contribution is 2.25. The number of likely N-dealkylation sites (N-methyl/N-ethyl adjacent to an activating group) is 1. The standard InChI is InChI=1S/C26H36N4O4S/c1-18-11-23(34-6)12-19(2)26(18)35(33)29(5)17-24(31)27-14-25(32)30-10-9-21-8-7-20(15-28(3)4)13-22(21)16-30/h7-8,11-13H,9-10,14-17H2,1-6H3,(H,27,31). The van der Waals surface area contributed by atoms with Crippen LogP contribution in [0.5, 0.6) is 5.75 Å². The molecule has 0 aliphatic carbocycles. The van der Waals surface area contributed by atoms with Gasteiger partial charge in [-0.05, 0) is 74.3 Å².